The molecule has 0 bridgehead atoms. The zero-order chi connectivity index (χ0) is 18.4. The van der Waals surface area contributed by atoms with Crippen molar-refractivity contribution in [2.75, 3.05) is 21.3 Å². The van der Waals surface area contributed by atoms with Crippen molar-refractivity contribution in [3.05, 3.63) is 47.3 Å². The van der Waals surface area contributed by atoms with Crippen molar-refractivity contribution in [2.45, 2.75) is 12.6 Å². The van der Waals surface area contributed by atoms with Crippen LogP contribution in [0.1, 0.15) is 27.5 Å². The van der Waals surface area contributed by atoms with Crippen molar-refractivity contribution in [1.29, 1.82) is 0 Å². The molecule has 8 heteroatoms. The van der Waals surface area contributed by atoms with E-state index in [9.17, 15) is 9.59 Å². The Balaban J connectivity index is 2.09. The summed E-state index contributed by atoms with van der Waals surface area (Å²) in [5, 5.41) is 9.89. The highest BCUT2D eigenvalue weighted by Gasteiger charge is 2.20. The second-order valence-corrected chi connectivity index (χ2v) is 5.41. The summed E-state index contributed by atoms with van der Waals surface area (Å²) in [6.45, 7) is 0.269. The van der Waals surface area contributed by atoms with Crippen LogP contribution in [-0.2, 0) is 23.1 Å². The van der Waals surface area contributed by atoms with Crippen LogP contribution >= 0.6 is 0 Å². The predicted molar refractivity (Wildman–Crippen MR) is 91.2 cm³/mol. The number of hydrogen-bond acceptors (Lipinski definition) is 6. The Labute approximate surface area is 146 Å². The Kier molecular flexibility index (Phi) is 6.13. The van der Waals surface area contributed by atoms with Gasteiger partial charge < -0.3 is 20.1 Å². The highest BCUT2D eigenvalue weighted by molar-refractivity contribution is 5.92. The van der Waals surface area contributed by atoms with Crippen molar-refractivity contribution in [3.63, 3.8) is 0 Å². The molecule has 25 heavy (non-hydrogen) atoms. The first-order chi connectivity index (χ1) is 12.0. The number of amides is 1. The third kappa shape index (κ3) is 4.36. The molecule has 0 saturated carbocycles. The molecular formula is C17H22N4O4. The standard InChI is InChI=1S/C17H22N4O4/c1-18-15(12-9-20-21(2)10-12)16(22)19-8-11-5-6-14(24-3)13(7-11)17(23)25-4/h5-7,9-10,15,18H,8H2,1-4H3,(H,19,22). The summed E-state index contributed by atoms with van der Waals surface area (Å²) >= 11 is 0. The minimum atomic E-state index is -0.507. The number of hydrogen-bond donors (Lipinski definition) is 2. The van der Waals surface area contributed by atoms with Gasteiger partial charge in [-0.2, -0.15) is 5.10 Å². The van der Waals surface area contributed by atoms with E-state index in [-0.39, 0.29) is 12.5 Å². The average molecular weight is 346 g/mol. The van der Waals surface area contributed by atoms with Gasteiger partial charge in [0.25, 0.3) is 0 Å². The quantitative estimate of drug-likeness (QED) is 0.720. The maximum atomic E-state index is 12.4. The SMILES string of the molecule is CNC(C(=O)NCc1ccc(OC)c(C(=O)OC)c1)c1cnn(C)c1. The molecule has 2 N–H and O–H groups in total. The number of likely N-dealkylation sites (N-methyl/N-ethyl adjacent to an activating group) is 1. The zero-order valence-corrected chi connectivity index (χ0v) is 14.7. The van der Waals surface area contributed by atoms with Gasteiger partial charge in [0.2, 0.25) is 5.91 Å². The Bertz CT molecular complexity index is 757. The summed E-state index contributed by atoms with van der Waals surface area (Å²) in [6.07, 6.45) is 3.42. The predicted octanol–water partition coefficient (Wildman–Crippen LogP) is 0.792. The van der Waals surface area contributed by atoms with Gasteiger partial charge in [0.05, 0.1) is 20.4 Å². The van der Waals surface area contributed by atoms with Crippen LogP contribution in [0.25, 0.3) is 0 Å². The molecule has 1 atom stereocenters. The first-order valence-corrected chi connectivity index (χ1v) is 7.69. The Hall–Kier alpha value is -2.87. The summed E-state index contributed by atoms with van der Waals surface area (Å²) in [6, 6.07) is 4.59. The lowest BCUT2D eigenvalue weighted by Crippen LogP contribution is -2.35. The van der Waals surface area contributed by atoms with E-state index < -0.39 is 12.0 Å². The topological polar surface area (TPSA) is 94.5 Å². The van der Waals surface area contributed by atoms with Gasteiger partial charge >= 0.3 is 5.97 Å². The number of carbonyl (C=O) groups is 2. The number of aromatic nitrogens is 2. The van der Waals surface area contributed by atoms with E-state index in [0.29, 0.717) is 11.3 Å². The van der Waals surface area contributed by atoms with E-state index in [1.54, 1.807) is 49.4 Å². The van der Waals surface area contributed by atoms with E-state index in [1.807, 2.05) is 0 Å². The molecule has 0 radical (unpaired) electrons. The molecule has 0 aliphatic heterocycles. The van der Waals surface area contributed by atoms with Gasteiger partial charge in [-0.05, 0) is 24.7 Å². The van der Waals surface area contributed by atoms with Crippen molar-refractivity contribution < 1.29 is 19.1 Å². The maximum Gasteiger partial charge on any atom is 0.341 e. The molecule has 8 nitrogen and oxygen atoms in total. The Morgan fingerprint density at radius 1 is 1.32 bits per heavy atom. The smallest absolute Gasteiger partial charge is 0.341 e. The van der Waals surface area contributed by atoms with Gasteiger partial charge in [-0.1, -0.05) is 6.07 Å². The van der Waals surface area contributed by atoms with Crippen molar-refractivity contribution in [1.82, 2.24) is 20.4 Å². The van der Waals surface area contributed by atoms with E-state index in [4.69, 9.17) is 9.47 Å². The second-order valence-electron chi connectivity index (χ2n) is 5.41. The fourth-order valence-electron chi connectivity index (χ4n) is 2.46. The largest absolute Gasteiger partial charge is 0.496 e. The number of esters is 1. The van der Waals surface area contributed by atoms with Crippen molar-refractivity contribution >= 4 is 11.9 Å². The fourth-order valence-corrected chi connectivity index (χ4v) is 2.46. The number of rotatable bonds is 7. The van der Waals surface area contributed by atoms with Crippen LogP contribution in [-0.4, -0.2) is 42.9 Å². The third-order valence-corrected chi connectivity index (χ3v) is 3.74. The molecule has 1 heterocycles. The number of carbonyl (C=O) groups excluding carboxylic acids is 2. The number of aryl methyl sites for hydroxylation is 1. The van der Waals surface area contributed by atoms with E-state index >= 15 is 0 Å². The lowest BCUT2D eigenvalue weighted by molar-refractivity contribution is -0.123. The Morgan fingerprint density at radius 2 is 2.08 bits per heavy atom. The van der Waals surface area contributed by atoms with Crippen LogP contribution in [0.15, 0.2) is 30.6 Å². The number of nitrogens with one attached hydrogen (secondary N) is 2. The van der Waals surface area contributed by atoms with Gasteiger partial charge in [-0.25, -0.2) is 4.79 Å². The van der Waals surface area contributed by atoms with Crippen LogP contribution in [0.3, 0.4) is 0 Å². The molecule has 0 aliphatic rings. The lowest BCUT2D eigenvalue weighted by atomic mass is 10.1. The minimum Gasteiger partial charge on any atom is -0.496 e. The number of ether oxygens (including phenoxy) is 2. The molecule has 1 aromatic carbocycles. The molecular weight excluding hydrogens is 324 g/mol. The zero-order valence-electron chi connectivity index (χ0n) is 14.7. The maximum absolute atomic E-state index is 12.4. The van der Waals surface area contributed by atoms with Crippen LogP contribution in [0.2, 0.25) is 0 Å². The first-order valence-electron chi connectivity index (χ1n) is 7.69. The molecule has 2 rings (SSSR count). The summed E-state index contributed by atoms with van der Waals surface area (Å²) < 4.78 is 11.5. The van der Waals surface area contributed by atoms with Gasteiger partial charge in [0, 0.05) is 25.4 Å². The summed E-state index contributed by atoms with van der Waals surface area (Å²) in [5.74, 6) is -0.259. The fraction of sp³-hybridized carbons (Fsp3) is 0.353. The van der Waals surface area contributed by atoms with Crippen molar-refractivity contribution in [3.8, 4) is 5.75 Å². The summed E-state index contributed by atoms with van der Waals surface area (Å²) in [7, 11) is 6.29. The van der Waals surface area contributed by atoms with Crippen LogP contribution < -0.4 is 15.4 Å². The van der Waals surface area contributed by atoms with Gasteiger partial charge in [-0.3, -0.25) is 9.48 Å². The number of benzene rings is 1. The second kappa shape index (κ2) is 8.29. The van der Waals surface area contributed by atoms with E-state index in [2.05, 4.69) is 15.7 Å². The molecule has 0 saturated heterocycles. The molecule has 0 fully saturated rings. The van der Waals surface area contributed by atoms with Gasteiger partial charge in [-0.15, -0.1) is 0 Å². The molecule has 1 amide bonds. The van der Waals surface area contributed by atoms with Crippen molar-refractivity contribution in [2.24, 2.45) is 7.05 Å². The molecule has 2 aromatic rings. The Morgan fingerprint density at radius 3 is 2.64 bits per heavy atom. The van der Waals surface area contributed by atoms with E-state index in [1.165, 1.54) is 14.2 Å². The molecule has 1 aromatic heterocycles. The monoisotopic (exact) mass is 346 g/mol. The van der Waals surface area contributed by atoms with Gasteiger partial charge in [0.1, 0.15) is 17.4 Å². The first kappa shape index (κ1) is 18.5. The summed E-state index contributed by atoms with van der Waals surface area (Å²) in [5.41, 5.74) is 1.84. The summed E-state index contributed by atoms with van der Waals surface area (Å²) in [4.78, 5) is 24.2. The molecule has 134 valence electrons. The van der Waals surface area contributed by atoms with Crippen LogP contribution in [0.4, 0.5) is 0 Å². The number of nitrogens with zero attached hydrogens (tertiary/aromatic N) is 2. The van der Waals surface area contributed by atoms with Crippen LogP contribution in [0, 0.1) is 0 Å². The molecule has 0 aliphatic carbocycles. The molecule has 0 spiro atoms. The highest BCUT2D eigenvalue weighted by Crippen LogP contribution is 2.21. The third-order valence-electron chi connectivity index (χ3n) is 3.74. The molecule has 1 unspecified atom stereocenters. The van der Waals surface area contributed by atoms with Gasteiger partial charge in [0.15, 0.2) is 0 Å². The van der Waals surface area contributed by atoms with E-state index in [0.717, 1.165) is 11.1 Å². The average Bonchev–Trinajstić information content (AvgIpc) is 3.05. The highest BCUT2D eigenvalue weighted by atomic mass is 16.5. The normalized spacial score (nSPS) is 11.7. The minimum absolute atomic E-state index is 0.189. The number of methoxy groups -OCH3 is 2. The lowest BCUT2D eigenvalue weighted by Gasteiger charge is -2.15. The van der Waals surface area contributed by atoms with Crippen LogP contribution in [0.5, 0.6) is 5.75 Å².